The maximum Gasteiger partial charge on any atom is 0.335 e. The third-order valence-corrected chi connectivity index (χ3v) is 2.60. The Bertz CT molecular complexity index is 525. The number of anilines is 1. The van der Waals surface area contributed by atoms with Crippen molar-refractivity contribution in [1.29, 1.82) is 0 Å². The van der Waals surface area contributed by atoms with Crippen LogP contribution in [0.5, 0.6) is 0 Å². The Morgan fingerprint density at radius 1 is 1.53 bits per heavy atom. The molecule has 6 nitrogen and oxygen atoms in total. The van der Waals surface area contributed by atoms with Crippen molar-refractivity contribution in [3.05, 3.63) is 46.0 Å². The van der Waals surface area contributed by atoms with Gasteiger partial charge < -0.3 is 10.0 Å². The van der Waals surface area contributed by atoms with E-state index in [9.17, 15) is 14.9 Å². The lowest BCUT2D eigenvalue weighted by Gasteiger charge is -2.23. The van der Waals surface area contributed by atoms with Gasteiger partial charge in [0.2, 0.25) is 0 Å². The number of nitrogens with zero attached hydrogens (tertiary/aromatic N) is 2. The summed E-state index contributed by atoms with van der Waals surface area (Å²) in [5, 5.41) is 19.9. The normalized spacial score (nSPS) is 10.0. The van der Waals surface area contributed by atoms with Gasteiger partial charge in [0, 0.05) is 19.2 Å². The van der Waals surface area contributed by atoms with E-state index >= 15 is 0 Å². The van der Waals surface area contributed by atoms with E-state index in [2.05, 4.69) is 6.58 Å². The van der Waals surface area contributed by atoms with Crippen molar-refractivity contribution in [2.24, 2.45) is 0 Å². The van der Waals surface area contributed by atoms with Crippen LogP contribution in [0, 0.1) is 10.1 Å². The van der Waals surface area contributed by atoms with Gasteiger partial charge in [0.05, 0.1) is 10.5 Å². The summed E-state index contributed by atoms with van der Waals surface area (Å²) in [5.74, 6) is -1.18. The van der Waals surface area contributed by atoms with Crippen molar-refractivity contribution in [2.45, 2.75) is 13.8 Å². The predicted octanol–water partition coefficient (Wildman–Crippen LogP) is 2.70. The van der Waals surface area contributed by atoms with Crippen molar-refractivity contribution in [3.8, 4) is 0 Å². The molecule has 0 aliphatic carbocycles. The molecule has 0 saturated carbocycles. The number of hydrogen-bond acceptors (Lipinski definition) is 4. The highest BCUT2D eigenvalue weighted by Crippen LogP contribution is 2.29. The molecule has 1 aromatic rings. The van der Waals surface area contributed by atoms with Gasteiger partial charge in [-0.2, -0.15) is 0 Å². The summed E-state index contributed by atoms with van der Waals surface area (Å²) in [4.78, 5) is 23.1. The van der Waals surface area contributed by atoms with Crippen LogP contribution < -0.4 is 4.90 Å². The minimum atomic E-state index is -1.18. The van der Waals surface area contributed by atoms with E-state index in [0.29, 0.717) is 18.8 Å². The van der Waals surface area contributed by atoms with E-state index in [0.717, 1.165) is 11.6 Å². The van der Waals surface area contributed by atoms with Crippen molar-refractivity contribution >= 4 is 17.3 Å². The summed E-state index contributed by atoms with van der Waals surface area (Å²) in [6.45, 7) is 8.55. The molecule has 0 aliphatic heterocycles. The van der Waals surface area contributed by atoms with Gasteiger partial charge in [-0.1, -0.05) is 12.2 Å². The zero-order valence-electron chi connectivity index (χ0n) is 10.9. The lowest BCUT2D eigenvalue weighted by Crippen LogP contribution is -2.25. The zero-order chi connectivity index (χ0) is 14.6. The second-order valence-corrected chi connectivity index (χ2v) is 4.24. The smallest absolute Gasteiger partial charge is 0.335 e. The minimum Gasteiger partial charge on any atom is -0.478 e. The van der Waals surface area contributed by atoms with Gasteiger partial charge in [-0.05, 0) is 26.0 Å². The van der Waals surface area contributed by atoms with E-state index in [-0.39, 0.29) is 11.3 Å². The molecule has 0 amide bonds. The maximum atomic E-state index is 11.1. The summed E-state index contributed by atoms with van der Waals surface area (Å²) in [6.07, 6.45) is 0. The molecule has 0 saturated heterocycles. The fourth-order valence-corrected chi connectivity index (χ4v) is 1.76. The van der Waals surface area contributed by atoms with E-state index in [4.69, 9.17) is 5.11 Å². The summed E-state index contributed by atoms with van der Waals surface area (Å²) >= 11 is 0. The summed E-state index contributed by atoms with van der Waals surface area (Å²) in [7, 11) is 0. The largest absolute Gasteiger partial charge is 0.478 e. The van der Waals surface area contributed by atoms with Gasteiger partial charge in [-0.3, -0.25) is 10.1 Å². The molecule has 102 valence electrons. The highest BCUT2D eigenvalue weighted by molar-refractivity contribution is 5.89. The van der Waals surface area contributed by atoms with Crippen LogP contribution in [0.3, 0.4) is 0 Å². The van der Waals surface area contributed by atoms with Crippen molar-refractivity contribution in [2.75, 3.05) is 18.0 Å². The molecule has 0 aliphatic rings. The number of carboxylic acids is 1. The molecule has 0 unspecified atom stereocenters. The number of rotatable bonds is 6. The molecule has 6 heteroatoms. The molecule has 0 heterocycles. The number of nitro groups is 1. The topological polar surface area (TPSA) is 83.7 Å². The molecule has 0 bridgehead atoms. The third kappa shape index (κ3) is 3.54. The number of benzene rings is 1. The molecule has 19 heavy (non-hydrogen) atoms. The fourth-order valence-electron chi connectivity index (χ4n) is 1.76. The Hall–Kier alpha value is -2.37. The van der Waals surface area contributed by atoms with Crippen LogP contribution in [-0.2, 0) is 0 Å². The average Bonchev–Trinajstić information content (AvgIpc) is 2.34. The first kappa shape index (κ1) is 14.7. The second-order valence-electron chi connectivity index (χ2n) is 4.24. The number of hydrogen-bond donors (Lipinski definition) is 1. The monoisotopic (exact) mass is 264 g/mol. The lowest BCUT2D eigenvalue weighted by atomic mass is 10.1. The molecule has 0 fully saturated rings. The summed E-state index contributed by atoms with van der Waals surface area (Å²) < 4.78 is 0. The molecule has 1 rings (SSSR count). The van der Waals surface area contributed by atoms with Crippen LogP contribution in [0.4, 0.5) is 11.4 Å². The number of nitro benzene ring substituents is 1. The second kappa shape index (κ2) is 5.99. The van der Waals surface area contributed by atoms with Crippen LogP contribution in [0.2, 0.25) is 0 Å². The third-order valence-electron chi connectivity index (χ3n) is 2.60. The number of carboxylic acid groups (broad SMARTS) is 1. The molecular formula is C13H16N2O4. The molecule has 0 spiro atoms. The standard InChI is InChI=1S/C13H16N2O4/c1-4-14(8-9(2)3)11-6-5-10(13(16)17)7-12(11)15(18)19/h5-7H,2,4,8H2,1,3H3,(H,16,17). The quantitative estimate of drug-likeness (QED) is 0.485. The van der Waals surface area contributed by atoms with Gasteiger partial charge in [0.1, 0.15) is 5.69 Å². The van der Waals surface area contributed by atoms with Crippen molar-refractivity contribution in [3.63, 3.8) is 0 Å². The highest BCUT2D eigenvalue weighted by atomic mass is 16.6. The van der Waals surface area contributed by atoms with Crippen molar-refractivity contribution < 1.29 is 14.8 Å². The highest BCUT2D eigenvalue weighted by Gasteiger charge is 2.20. The molecule has 1 N–H and O–H groups in total. The van der Waals surface area contributed by atoms with Gasteiger partial charge in [-0.25, -0.2) is 4.79 Å². The summed E-state index contributed by atoms with van der Waals surface area (Å²) in [6, 6.07) is 3.92. The minimum absolute atomic E-state index is 0.0955. The van der Waals surface area contributed by atoms with Crippen molar-refractivity contribution in [1.82, 2.24) is 0 Å². The number of carbonyl (C=O) groups is 1. The first-order chi connectivity index (χ1) is 8.86. The van der Waals surface area contributed by atoms with E-state index in [1.807, 2.05) is 13.8 Å². The number of likely N-dealkylation sites (N-methyl/N-ethyl adjacent to an activating group) is 1. The lowest BCUT2D eigenvalue weighted by molar-refractivity contribution is -0.384. The van der Waals surface area contributed by atoms with Gasteiger partial charge in [-0.15, -0.1) is 0 Å². The maximum absolute atomic E-state index is 11.1. The molecular weight excluding hydrogens is 248 g/mol. The Kier molecular flexibility index (Phi) is 4.63. The Morgan fingerprint density at radius 2 is 2.16 bits per heavy atom. The van der Waals surface area contributed by atoms with Gasteiger partial charge in [0.25, 0.3) is 5.69 Å². The predicted molar refractivity (Wildman–Crippen MR) is 72.8 cm³/mol. The van der Waals surface area contributed by atoms with Gasteiger partial charge >= 0.3 is 5.97 Å². The number of aromatic carboxylic acids is 1. The first-order valence-corrected chi connectivity index (χ1v) is 5.77. The van der Waals surface area contributed by atoms with Crippen LogP contribution in [0.1, 0.15) is 24.2 Å². The fraction of sp³-hybridized carbons (Fsp3) is 0.308. The van der Waals surface area contributed by atoms with E-state index in [1.54, 1.807) is 4.90 Å². The zero-order valence-corrected chi connectivity index (χ0v) is 10.9. The Morgan fingerprint density at radius 3 is 2.58 bits per heavy atom. The molecule has 1 aromatic carbocycles. The van der Waals surface area contributed by atoms with Crippen LogP contribution >= 0.6 is 0 Å². The molecule has 0 atom stereocenters. The Labute approximate surface area is 111 Å². The van der Waals surface area contributed by atoms with E-state index < -0.39 is 10.9 Å². The van der Waals surface area contributed by atoms with Crippen LogP contribution in [0.15, 0.2) is 30.4 Å². The Balaban J connectivity index is 3.29. The average molecular weight is 264 g/mol. The molecule has 0 radical (unpaired) electrons. The SMILES string of the molecule is C=C(C)CN(CC)c1ccc(C(=O)O)cc1[N+](=O)[O-]. The van der Waals surface area contributed by atoms with Crippen LogP contribution in [0.25, 0.3) is 0 Å². The van der Waals surface area contributed by atoms with E-state index in [1.165, 1.54) is 12.1 Å². The van der Waals surface area contributed by atoms with Crippen LogP contribution in [-0.4, -0.2) is 29.1 Å². The summed E-state index contributed by atoms with van der Waals surface area (Å²) in [5.41, 5.74) is 0.976. The molecule has 0 aromatic heterocycles. The first-order valence-electron chi connectivity index (χ1n) is 5.77. The van der Waals surface area contributed by atoms with Gasteiger partial charge in [0.15, 0.2) is 0 Å².